The molecule has 1 aliphatic rings. The van der Waals surface area contributed by atoms with E-state index in [0.717, 1.165) is 70.6 Å². The molecule has 5 aromatic rings. The summed E-state index contributed by atoms with van der Waals surface area (Å²) in [5.74, 6) is 1.59. The Kier molecular flexibility index (Phi) is 9.17. The van der Waals surface area contributed by atoms with Crippen molar-refractivity contribution in [2.75, 3.05) is 38.2 Å². The van der Waals surface area contributed by atoms with Gasteiger partial charge in [0, 0.05) is 80.3 Å². The first-order chi connectivity index (χ1) is 21.2. The summed E-state index contributed by atoms with van der Waals surface area (Å²) in [6, 6.07) is 12.5. The Morgan fingerprint density at radius 2 is 1.80 bits per heavy atom. The molecule has 6 rings (SSSR count). The van der Waals surface area contributed by atoms with E-state index >= 15 is 0 Å². The zero-order valence-corrected chi connectivity index (χ0v) is 24.6. The number of hydrogen-bond donors (Lipinski definition) is 0. The predicted molar refractivity (Wildman–Crippen MR) is 159 cm³/mol. The highest BCUT2D eigenvalue weighted by Crippen LogP contribution is 2.34. The highest BCUT2D eigenvalue weighted by molar-refractivity contribution is 7.15. The zero-order chi connectivity index (χ0) is 31.3. The second-order valence-corrected chi connectivity index (χ2v) is 11.1. The number of nitrogens with zero attached hydrogens (tertiary/aromatic N) is 8. The molecule has 1 saturated heterocycles. The summed E-state index contributed by atoms with van der Waals surface area (Å²) in [4.78, 5) is 28.1. The molecule has 0 aromatic carbocycles. The number of rotatable bonds is 6. The molecule has 10 nitrogen and oxygen atoms in total. The number of aldehydes is 1. The molecule has 0 unspecified atom stereocenters. The largest absolute Gasteiger partial charge is 0.481 e. The number of carbonyl (C=O) groups excluding carboxylic acids is 1. The molecule has 1 fully saturated rings. The molecule has 1 aliphatic heterocycles. The van der Waals surface area contributed by atoms with E-state index in [4.69, 9.17) is 14.5 Å². The van der Waals surface area contributed by atoms with Crippen LogP contribution in [0.25, 0.3) is 27.1 Å². The van der Waals surface area contributed by atoms with E-state index in [9.17, 15) is 18.4 Å². The van der Waals surface area contributed by atoms with Gasteiger partial charge in [-0.3, -0.25) is 9.69 Å². The quantitative estimate of drug-likeness (QED) is 0.237. The van der Waals surface area contributed by atoms with Crippen LogP contribution in [0.3, 0.4) is 0 Å². The summed E-state index contributed by atoms with van der Waals surface area (Å²) in [6.07, 6.45) is 3.53. The number of piperazine rings is 1. The Labute approximate surface area is 255 Å². The lowest BCUT2D eigenvalue weighted by atomic mass is 10.0. The highest BCUT2D eigenvalue weighted by Gasteiger charge is 2.25. The van der Waals surface area contributed by atoms with Crippen molar-refractivity contribution in [2.45, 2.75) is 19.6 Å². The van der Waals surface area contributed by atoms with Crippen LogP contribution in [0.2, 0.25) is 0 Å². The number of alkyl halides is 3. The fraction of sp³-hybridized carbons (Fsp3) is 0.267. The van der Waals surface area contributed by atoms with Gasteiger partial charge in [-0.15, -0.1) is 11.3 Å². The van der Waals surface area contributed by atoms with Crippen LogP contribution in [-0.4, -0.2) is 75.2 Å². The van der Waals surface area contributed by atoms with Crippen LogP contribution in [0.1, 0.15) is 16.1 Å². The van der Waals surface area contributed by atoms with Crippen molar-refractivity contribution in [1.82, 2.24) is 29.5 Å². The van der Waals surface area contributed by atoms with Crippen molar-refractivity contribution in [2.24, 2.45) is 0 Å². The monoisotopic (exact) mass is 620 g/mol. The second kappa shape index (κ2) is 13.2. The molecule has 14 heteroatoms. The van der Waals surface area contributed by atoms with E-state index in [1.54, 1.807) is 29.2 Å². The Balaban J connectivity index is 0.000000584. The molecular formula is C30H27F3N8O2S. The maximum Gasteiger partial charge on any atom is 0.446 e. The molecular weight excluding hydrogens is 593 g/mol. The normalized spacial score (nSPS) is 13.7. The Morgan fingerprint density at radius 1 is 1.02 bits per heavy atom. The van der Waals surface area contributed by atoms with Gasteiger partial charge in [-0.2, -0.15) is 23.5 Å². The summed E-state index contributed by atoms with van der Waals surface area (Å²) in [6.45, 7) is 6.58. The average molecular weight is 621 g/mol. The van der Waals surface area contributed by atoms with E-state index in [-0.39, 0.29) is 0 Å². The molecule has 0 radical (unpaired) electrons. The predicted octanol–water partition coefficient (Wildman–Crippen LogP) is 5.17. The number of nitriles is 1. The third-order valence-corrected chi connectivity index (χ3v) is 7.90. The molecule has 0 N–H and O–H groups in total. The first-order valence-electron chi connectivity index (χ1n) is 13.5. The van der Waals surface area contributed by atoms with E-state index in [1.165, 1.54) is 5.56 Å². The number of carbonyl (C=O) groups is 1. The summed E-state index contributed by atoms with van der Waals surface area (Å²) in [5, 5.41) is 15.1. The van der Waals surface area contributed by atoms with Crippen LogP contribution < -0.4 is 9.64 Å². The van der Waals surface area contributed by atoms with Gasteiger partial charge in [0.15, 0.2) is 0 Å². The Hall–Kier alpha value is -4.87. The molecule has 0 bridgehead atoms. The van der Waals surface area contributed by atoms with Crippen LogP contribution in [-0.2, 0) is 11.3 Å². The SMILES string of the molecule is COc1ccc(CN2CCN(c3ccc(-c4cc(-c5cnc(C)s5)cn5ncc(C#N)c45)cn3)CC2)cn1.O=CC(F)(F)F. The van der Waals surface area contributed by atoms with Crippen LogP contribution in [0.5, 0.6) is 5.88 Å². The van der Waals surface area contributed by atoms with Crippen molar-refractivity contribution in [1.29, 1.82) is 5.26 Å². The molecule has 44 heavy (non-hydrogen) atoms. The topological polar surface area (TPSA) is 113 Å². The van der Waals surface area contributed by atoms with Gasteiger partial charge in [0.05, 0.1) is 34.3 Å². The number of thiazole rings is 1. The lowest BCUT2D eigenvalue weighted by Crippen LogP contribution is -2.46. The van der Waals surface area contributed by atoms with Gasteiger partial charge in [-0.25, -0.2) is 19.5 Å². The molecule has 0 saturated carbocycles. The third kappa shape index (κ3) is 7.19. The Morgan fingerprint density at radius 3 is 2.36 bits per heavy atom. The van der Waals surface area contributed by atoms with Gasteiger partial charge in [-0.05, 0) is 30.7 Å². The van der Waals surface area contributed by atoms with Gasteiger partial charge in [0.2, 0.25) is 12.2 Å². The van der Waals surface area contributed by atoms with E-state index in [2.05, 4.69) is 55.2 Å². The van der Waals surface area contributed by atoms with Crippen LogP contribution in [0, 0.1) is 18.3 Å². The Bertz CT molecular complexity index is 1770. The first-order valence-corrected chi connectivity index (χ1v) is 14.3. The third-order valence-electron chi connectivity index (χ3n) is 6.94. The lowest BCUT2D eigenvalue weighted by Gasteiger charge is -2.35. The van der Waals surface area contributed by atoms with Crippen LogP contribution in [0.4, 0.5) is 19.0 Å². The first kappa shape index (κ1) is 30.6. The van der Waals surface area contributed by atoms with Crippen LogP contribution in [0.15, 0.2) is 61.3 Å². The number of aromatic nitrogens is 5. The number of anilines is 1. The average Bonchev–Trinajstić information content (AvgIpc) is 3.67. The molecule has 0 atom stereocenters. The minimum Gasteiger partial charge on any atom is -0.481 e. The van der Waals surface area contributed by atoms with Gasteiger partial charge >= 0.3 is 6.18 Å². The number of fused-ring (bicyclic) bond motifs is 1. The fourth-order valence-corrected chi connectivity index (χ4v) is 5.56. The lowest BCUT2D eigenvalue weighted by molar-refractivity contribution is -0.156. The summed E-state index contributed by atoms with van der Waals surface area (Å²) in [5.41, 5.74) is 5.40. The number of pyridine rings is 3. The van der Waals surface area contributed by atoms with E-state index in [1.807, 2.05) is 37.8 Å². The van der Waals surface area contributed by atoms with Crippen molar-refractivity contribution in [3.8, 4) is 33.5 Å². The standard InChI is InChI=1S/C28H26N8OS.C2HF3O/c1-19-30-16-25(38-19)22-11-24(28-23(12-29)15-33-36(28)18-22)21-4-5-26(31-14-21)35-9-7-34(8-10-35)17-20-3-6-27(37-2)32-13-20;3-2(4,5)1-6/h3-6,11,13-16,18H,7-10,17H2,1-2H3;1H. The minimum atomic E-state index is -4.64. The molecule has 6 heterocycles. The molecule has 0 spiro atoms. The number of halogens is 3. The smallest absolute Gasteiger partial charge is 0.446 e. The molecule has 0 amide bonds. The molecule has 226 valence electrons. The van der Waals surface area contributed by atoms with Gasteiger partial charge < -0.3 is 9.64 Å². The fourth-order valence-electron chi connectivity index (χ4n) is 4.80. The van der Waals surface area contributed by atoms with Gasteiger partial charge in [0.1, 0.15) is 11.9 Å². The minimum absolute atomic E-state index is 0.541. The summed E-state index contributed by atoms with van der Waals surface area (Å²) < 4.78 is 38.2. The highest BCUT2D eigenvalue weighted by atomic mass is 32.1. The van der Waals surface area contributed by atoms with Gasteiger partial charge in [-0.1, -0.05) is 6.07 Å². The number of ether oxygens (including phenoxy) is 1. The van der Waals surface area contributed by atoms with Crippen LogP contribution >= 0.6 is 11.3 Å². The maximum atomic E-state index is 10.4. The van der Waals surface area contributed by atoms with E-state index < -0.39 is 12.5 Å². The van der Waals surface area contributed by atoms with Crippen molar-refractivity contribution in [3.63, 3.8) is 0 Å². The molecule has 5 aromatic heterocycles. The number of hydrogen-bond acceptors (Lipinski definition) is 10. The number of methoxy groups -OCH3 is 1. The zero-order valence-electron chi connectivity index (χ0n) is 23.8. The summed E-state index contributed by atoms with van der Waals surface area (Å²) >= 11 is 1.64. The second-order valence-electron chi connectivity index (χ2n) is 9.89. The molecule has 0 aliphatic carbocycles. The van der Waals surface area contributed by atoms with Crippen molar-refractivity contribution >= 4 is 29.0 Å². The van der Waals surface area contributed by atoms with Gasteiger partial charge in [0.25, 0.3) is 0 Å². The maximum absolute atomic E-state index is 10.4. The van der Waals surface area contributed by atoms with E-state index in [0.29, 0.717) is 11.4 Å². The number of aryl methyl sites for hydroxylation is 1. The van der Waals surface area contributed by atoms with Crippen molar-refractivity contribution in [3.05, 3.63) is 77.5 Å². The summed E-state index contributed by atoms with van der Waals surface area (Å²) in [7, 11) is 1.63. The van der Waals surface area contributed by atoms with Crippen molar-refractivity contribution < 1.29 is 22.7 Å².